The van der Waals surface area contributed by atoms with Gasteiger partial charge < -0.3 is 9.87 Å². The molecule has 3 rings (SSSR count). The number of carbonyl (C=O) groups excluding carboxylic acids is 1. The predicted octanol–water partition coefficient (Wildman–Crippen LogP) is 1.16. The van der Waals surface area contributed by atoms with E-state index in [0.29, 0.717) is 6.54 Å². The molecule has 0 unspecified atom stereocenters. The molecule has 0 bridgehead atoms. The van der Waals surface area contributed by atoms with E-state index in [-0.39, 0.29) is 32.0 Å². The fraction of sp³-hybridized carbons (Fsp3) is 0.174. The lowest BCUT2D eigenvalue weighted by Gasteiger charge is -2.05. The van der Waals surface area contributed by atoms with Crippen molar-refractivity contribution in [2.45, 2.75) is 25.2 Å². The third-order valence-corrected chi connectivity index (χ3v) is 8.40. The molecular formula is C23H23BrINO4S. The highest BCUT2D eigenvalue weighted by atomic mass is 127. The molecule has 0 heterocycles. The van der Waals surface area contributed by atoms with Crippen LogP contribution < -0.4 is 26.5 Å². The highest BCUT2D eigenvalue weighted by molar-refractivity contribution is 9.10. The summed E-state index contributed by atoms with van der Waals surface area (Å²) in [6, 6.07) is 22.9. The molecule has 5 nitrogen and oxygen atoms in total. The number of nitrogens with one attached hydrogen (secondary N) is 1. The fourth-order valence-corrected chi connectivity index (χ4v) is 5.79. The molecule has 1 amide bonds. The summed E-state index contributed by atoms with van der Waals surface area (Å²) in [4.78, 5) is 10.8. The van der Waals surface area contributed by atoms with Gasteiger partial charge in [0, 0.05) is 23.5 Å². The SMILES string of the molecule is CC(=O)NCCc1ccccc1[I+]c1ccc(Br)cc1.Cc1ccc(S(=O)(=O)[O-])cc1. The molecule has 0 spiro atoms. The van der Waals surface area contributed by atoms with Crippen LogP contribution in [0.1, 0.15) is 18.1 Å². The van der Waals surface area contributed by atoms with Crippen LogP contribution >= 0.6 is 15.9 Å². The number of amides is 1. The van der Waals surface area contributed by atoms with Gasteiger partial charge in [0.25, 0.3) is 0 Å². The summed E-state index contributed by atoms with van der Waals surface area (Å²) in [6.45, 7) is 4.08. The standard InChI is InChI=1S/C16H15BrINO.C7H8O3S/c1-12(20)19-11-10-13-4-2-3-5-16(13)18-15-8-6-14(17)7-9-15;1-6-2-4-7(5-3-6)11(8,9)10/h2-9H,10-11H2,1H3;2-5H,1H3,(H,8,9,10). The van der Waals surface area contributed by atoms with Gasteiger partial charge in [-0.1, -0.05) is 51.8 Å². The quantitative estimate of drug-likeness (QED) is 0.333. The molecule has 0 aliphatic carbocycles. The van der Waals surface area contributed by atoms with Crippen molar-refractivity contribution < 1.29 is 39.0 Å². The van der Waals surface area contributed by atoms with E-state index in [1.54, 1.807) is 19.1 Å². The van der Waals surface area contributed by atoms with E-state index in [0.717, 1.165) is 16.5 Å². The van der Waals surface area contributed by atoms with Gasteiger partial charge in [0.15, 0.2) is 7.14 Å². The largest absolute Gasteiger partial charge is 0.744 e. The molecule has 8 heteroatoms. The zero-order chi connectivity index (χ0) is 22.9. The first kappa shape index (κ1) is 25.5. The summed E-state index contributed by atoms with van der Waals surface area (Å²) in [7, 11) is -4.27. The van der Waals surface area contributed by atoms with Gasteiger partial charge in [-0.25, -0.2) is 8.42 Å². The third-order valence-electron chi connectivity index (χ3n) is 4.05. The van der Waals surface area contributed by atoms with Gasteiger partial charge in [0.1, 0.15) is 10.1 Å². The molecule has 31 heavy (non-hydrogen) atoms. The molecular weight excluding hydrogens is 593 g/mol. The average Bonchev–Trinajstić information content (AvgIpc) is 2.71. The van der Waals surface area contributed by atoms with Crippen LogP contribution in [0.25, 0.3) is 0 Å². The Morgan fingerprint density at radius 3 is 2.19 bits per heavy atom. The molecule has 0 radical (unpaired) electrons. The van der Waals surface area contributed by atoms with Crippen molar-refractivity contribution in [3.05, 3.63) is 95.5 Å². The first-order valence-electron chi connectivity index (χ1n) is 9.40. The lowest BCUT2D eigenvalue weighted by Crippen LogP contribution is -3.61. The zero-order valence-electron chi connectivity index (χ0n) is 17.1. The van der Waals surface area contributed by atoms with Crippen LogP contribution in [0.5, 0.6) is 0 Å². The second kappa shape index (κ2) is 12.3. The van der Waals surface area contributed by atoms with Crippen LogP contribution in [0.3, 0.4) is 0 Å². The van der Waals surface area contributed by atoms with Crippen LogP contribution in [0, 0.1) is 14.1 Å². The summed E-state index contributed by atoms with van der Waals surface area (Å²) in [5.74, 6) is 0.0325. The number of benzene rings is 3. The van der Waals surface area contributed by atoms with Gasteiger partial charge in [-0.2, -0.15) is 0 Å². The first-order valence-corrected chi connectivity index (χ1v) is 13.8. The third kappa shape index (κ3) is 9.51. The van der Waals surface area contributed by atoms with Gasteiger partial charge in [-0.3, -0.25) is 4.79 Å². The molecule has 0 atom stereocenters. The smallest absolute Gasteiger partial charge is 0.358 e. The summed E-state index contributed by atoms with van der Waals surface area (Å²) in [5, 5.41) is 2.86. The van der Waals surface area contributed by atoms with Crippen LogP contribution in [0.2, 0.25) is 0 Å². The van der Waals surface area contributed by atoms with E-state index in [1.807, 2.05) is 6.92 Å². The summed E-state index contributed by atoms with van der Waals surface area (Å²) >= 11 is 3.29. The van der Waals surface area contributed by atoms with Crippen molar-refractivity contribution in [1.82, 2.24) is 5.32 Å². The Morgan fingerprint density at radius 2 is 1.61 bits per heavy atom. The predicted molar refractivity (Wildman–Crippen MR) is 120 cm³/mol. The topological polar surface area (TPSA) is 86.3 Å². The first-order chi connectivity index (χ1) is 14.6. The maximum Gasteiger partial charge on any atom is 0.358 e. The number of aryl methyl sites for hydroxylation is 1. The van der Waals surface area contributed by atoms with E-state index in [4.69, 9.17) is 0 Å². The molecule has 0 aliphatic rings. The molecule has 0 saturated heterocycles. The Bertz CT molecular complexity index is 1100. The molecule has 164 valence electrons. The van der Waals surface area contributed by atoms with E-state index in [9.17, 15) is 17.8 Å². The Hall–Kier alpha value is -1.75. The van der Waals surface area contributed by atoms with Gasteiger partial charge >= 0.3 is 21.2 Å². The molecule has 0 saturated carbocycles. The summed E-state index contributed by atoms with van der Waals surface area (Å²) in [6.07, 6.45) is 0.895. The average molecular weight is 616 g/mol. The number of halogens is 2. The Labute approximate surface area is 202 Å². The molecule has 0 aromatic heterocycles. The molecule has 1 N–H and O–H groups in total. The Morgan fingerprint density at radius 1 is 1.00 bits per heavy atom. The van der Waals surface area contributed by atoms with Crippen molar-refractivity contribution >= 4 is 32.0 Å². The van der Waals surface area contributed by atoms with Crippen LogP contribution in [-0.4, -0.2) is 25.4 Å². The van der Waals surface area contributed by atoms with Gasteiger partial charge in [-0.05, 0) is 55.8 Å². The van der Waals surface area contributed by atoms with Crippen LogP contribution in [0.15, 0.2) is 82.2 Å². The molecule has 0 aliphatic heterocycles. The minimum Gasteiger partial charge on any atom is -0.744 e. The summed E-state index contributed by atoms with van der Waals surface area (Å²) < 4.78 is 35.1. The number of hydrogen-bond donors (Lipinski definition) is 1. The van der Waals surface area contributed by atoms with Crippen molar-refractivity contribution in [3.8, 4) is 0 Å². The maximum atomic E-state index is 10.9. The second-order valence-corrected chi connectivity index (χ2v) is 11.9. The minimum atomic E-state index is -4.27. The monoisotopic (exact) mass is 615 g/mol. The van der Waals surface area contributed by atoms with Crippen molar-refractivity contribution in [2.24, 2.45) is 0 Å². The molecule has 0 fully saturated rings. The Balaban J connectivity index is 0.000000262. The van der Waals surface area contributed by atoms with Gasteiger partial charge in [-0.15, -0.1) is 0 Å². The van der Waals surface area contributed by atoms with E-state index < -0.39 is 10.1 Å². The second-order valence-electron chi connectivity index (χ2n) is 6.62. The van der Waals surface area contributed by atoms with Gasteiger partial charge in [0.05, 0.1) is 4.90 Å². The maximum absolute atomic E-state index is 10.9. The highest BCUT2D eigenvalue weighted by Gasteiger charge is 2.19. The zero-order valence-corrected chi connectivity index (χ0v) is 21.7. The molecule has 3 aromatic rings. The summed E-state index contributed by atoms with van der Waals surface area (Å²) in [5.41, 5.74) is 2.27. The fourth-order valence-electron chi connectivity index (χ4n) is 2.48. The van der Waals surface area contributed by atoms with Gasteiger partial charge in [0.2, 0.25) is 5.91 Å². The lowest BCUT2D eigenvalue weighted by atomic mass is 10.1. The number of hydrogen-bond acceptors (Lipinski definition) is 4. The number of carbonyl (C=O) groups is 1. The van der Waals surface area contributed by atoms with E-state index >= 15 is 0 Å². The molecule has 3 aromatic carbocycles. The lowest BCUT2D eigenvalue weighted by molar-refractivity contribution is -0.598. The van der Waals surface area contributed by atoms with E-state index in [1.165, 1.54) is 24.8 Å². The van der Waals surface area contributed by atoms with Crippen molar-refractivity contribution in [3.63, 3.8) is 0 Å². The normalized spacial score (nSPS) is 10.7. The van der Waals surface area contributed by atoms with Crippen molar-refractivity contribution in [2.75, 3.05) is 6.54 Å². The minimum absolute atomic E-state index is 0.0325. The van der Waals surface area contributed by atoms with Crippen LogP contribution in [0.4, 0.5) is 0 Å². The van der Waals surface area contributed by atoms with Crippen LogP contribution in [-0.2, 0) is 21.3 Å². The Kier molecular flexibility index (Phi) is 10.1. The highest BCUT2D eigenvalue weighted by Crippen LogP contribution is 2.08. The van der Waals surface area contributed by atoms with Crippen molar-refractivity contribution in [1.29, 1.82) is 0 Å². The number of rotatable bonds is 6. The van der Waals surface area contributed by atoms with E-state index in [2.05, 4.69) is 69.8 Å².